The summed E-state index contributed by atoms with van der Waals surface area (Å²) in [6, 6.07) is 22.8. The minimum atomic E-state index is -0.0520. The highest BCUT2D eigenvalue weighted by Crippen LogP contribution is 2.40. The average Bonchev–Trinajstić information content (AvgIpc) is 3.40. The highest BCUT2D eigenvalue weighted by atomic mass is 32.1. The standard InChI is InChI=1S/C25H23N5S/c1-18-7-4-9-20(15-18)29-14-6-11-22(29)24-23(21-10-2-3-13-27-21)28-25(31)30(24)17-19-8-5-12-26-16-19/h2-16,23-24H,17H2,1H3,(H,28,31)/t23-,24-/m0/s1. The number of rotatable bonds is 5. The van der Waals surface area contributed by atoms with Crippen molar-refractivity contribution in [3.63, 3.8) is 0 Å². The van der Waals surface area contributed by atoms with Crippen LogP contribution in [0, 0.1) is 6.92 Å². The zero-order chi connectivity index (χ0) is 21.2. The normalized spacial score (nSPS) is 18.2. The van der Waals surface area contributed by atoms with Crippen molar-refractivity contribution in [3.8, 4) is 5.69 Å². The minimum absolute atomic E-state index is 0.0156. The molecule has 4 aromatic rings. The number of pyridine rings is 2. The van der Waals surface area contributed by atoms with Crippen LogP contribution >= 0.6 is 12.2 Å². The van der Waals surface area contributed by atoms with Crippen LogP contribution in [-0.4, -0.2) is 24.5 Å². The molecule has 5 nitrogen and oxygen atoms in total. The van der Waals surface area contributed by atoms with E-state index in [2.05, 4.69) is 86.4 Å². The van der Waals surface area contributed by atoms with Gasteiger partial charge in [-0.25, -0.2) is 0 Å². The predicted molar refractivity (Wildman–Crippen MR) is 126 cm³/mol. The van der Waals surface area contributed by atoms with E-state index >= 15 is 0 Å². The summed E-state index contributed by atoms with van der Waals surface area (Å²) in [5, 5.41) is 4.25. The quantitative estimate of drug-likeness (QED) is 0.468. The third-order valence-corrected chi connectivity index (χ3v) is 5.99. The van der Waals surface area contributed by atoms with E-state index in [1.165, 1.54) is 5.56 Å². The first-order valence-electron chi connectivity index (χ1n) is 10.3. The van der Waals surface area contributed by atoms with Crippen molar-refractivity contribution < 1.29 is 0 Å². The van der Waals surface area contributed by atoms with E-state index < -0.39 is 0 Å². The summed E-state index contributed by atoms with van der Waals surface area (Å²) >= 11 is 5.81. The average molecular weight is 426 g/mol. The summed E-state index contributed by atoms with van der Waals surface area (Å²) in [7, 11) is 0. The second kappa shape index (κ2) is 8.32. The molecular weight excluding hydrogens is 402 g/mol. The fourth-order valence-electron chi connectivity index (χ4n) is 4.23. The molecule has 1 fully saturated rings. The Morgan fingerprint density at radius 3 is 2.71 bits per heavy atom. The van der Waals surface area contributed by atoms with Crippen molar-refractivity contribution in [1.29, 1.82) is 0 Å². The van der Waals surface area contributed by atoms with E-state index in [1.807, 2.05) is 30.6 Å². The van der Waals surface area contributed by atoms with Crippen LogP contribution in [0.15, 0.2) is 91.5 Å². The molecule has 6 heteroatoms. The van der Waals surface area contributed by atoms with E-state index in [9.17, 15) is 0 Å². The molecule has 154 valence electrons. The maximum Gasteiger partial charge on any atom is 0.170 e. The number of hydrogen-bond acceptors (Lipinski definition) is 3. The second-order valence-electron chi connectivity index (χ2n) is 7.76. The van der Waals surface area contributed by atoms with Gasteiger partial charge < -0.3 is 14.8 Å². The van der Waals surface area contributed by atoms with Crippen LogP contribution in [-0.2, 0) is 6.54 Å². The summed E-state index contributed by atoms with van der Waals surface area (Å²) < 4.78 is 2.25. The minimum Gasteiger partial charge on any atom is -0.352 e. The Morgan fingerprint density at radius 2 is 1.94 bits per heavy atom. The van der Waals surface area contributed by atoms with Gasteiger partial charge in [-0.05, 0) is 72.7 Å². The van der Waals surface area contributed by atoms with Crippen molar-refractivity contribution in [1.82, 2.24) is 24.8 Å². The fraction of sp³-hybridized carbons (Fsp3) is 0.160. The van der Waals surface area contributed by atoms with E-state index in [0.29, 0.717) is 6.54 Å². The molecule has 0 radical (unpaired) electrons. The van der Waals surface area contributed by atoms with Crippen LogP contribution < -0.4 is 5.32 Å². The molecule has 3 aromatic heterocycles. The number of aromatic nitrogens is 3. The van der Waals surface area contributed by atoms with Crippen molar-refractivity contribution >= 4 is 17.3 Å². The number of nitrogens with one attached hydrogen (secondary N) is 1. The van der Waals surface area contributed by atoms with E-state index in [1.54, 1.807) is 6.20 Å². The Bertz CT molecular complexity index is 1190. The predicted octanol–water partition coefficient (Wildman–Crippen LogP) is 4.75. The van der Waals surface area contributed by atoms with Crippen LogP contribution in [0.3, 0.4) is 0 Å². The number of nitrogens with zero attached hydrogens (tertiary/aromatic N) is 4. The molecule has 4 heterocycles. The lowest BCUT2D eigenvalue weighted by Gasteiger charge is -2.29. The van der Waals surface area contributed by atoms with Gasteiger partial charge >= 0.3 is 0 Å². The first kappa shape index (κ1) is 19.5. The lowest BCUT2D eigenvalue weighted by atomic mass is 10.0. The van der Waals surface area contributed by atoms with Gasteiger partial charge in [0.1, 0.15) is 0 Å². The molecule has 31 heavy (non-hydrogen) atoms. The van der Waals surface area contributed by atoms with Crippen molar-refractivity contribution in [2.24, 2.45) is 0 Å². The number of hydrogen-bond donors (Lipinski definition) is 1. The number of aryl methyl sites for hydroxylation is 1. The molecule has 0 amide bonds. The van der Waals surface area contributed by atoms with Crippen LogP contribution in [0.4, 0.5) is 0 Å². The third kappa shape index (κ3) is 3.82. The van der Waals surface area contributed by atoms with Gasteiger partial charge in [0.25, 0.3) is 0 Å². The van der Waals surface area contributed by atoms with Gasteiger partial charge in [0.2, 0.25) is 0 Å². The molecule has 0 aliphatic carbocycles. The van der Waals surface area contributed by atoms with Gasteiger partial charge in [0, 0.05) is 42.7 Å². The third-order valence-electron chi connectivity index (χ3n) is 5.64. The van der Waals surface area contributed by atoms with Crippen molar-refractivity contribution in [3.05, 3.63) is 114 Å². The Balaban J connectivity index is 1.61. The van der Waals surface area contributed by atoms with E-state index in [4.69, 9.17) is 12.2 Å². The van der Waals surface area contributed by atoms with Gasteiger partial charge in [0.05, 0.1) is 17.8 Å². The summed E-state index contributed by atoms with van der Waals surface area (Å²) in [5.74, 6) is 0. The van der Waals surface area contributed by atoms with Gasteiger partial charge in [0.15, 0.2) is 5.11 Å². The zero-order valence-corrected chi connectivity index (χ0v) is 18.0. The maximum absolute atomic E-state index is 5.81. The lowest BCUT2D eigenvalue weighted by molar-refractivity contribution is 0.302. The lowest BCUT2D eigenvalue weighted by Crippen LogP contribution is -2.30. The Morgan fingerprint density at radius 1 is 1.00 bits per heavy atom. The molecular formula is C25H23N5S. The maximum atomic E-state index is 5.81. The molecule has 0 unspecified atom stereocenters. The smallest absolute Gasteiger partial charge is 0.170 e. The van der Waals surface area contributed by atoms with Crippen LogP contribution in [0.2, 0.25) is 0 Å². The van der Waals surface area contributed by atoms with E-state index in [0.717, 1.165) is 27.8 Å². The Kier molecular flexibility index (Phi) is 5.22. The summed E-state index contributed by atoms with van der Waals surface area (Å²) in [5.41, 5.74) is 5.62. The molecule has 1 saturated heterocycles. The van der Waals surface area contributed by atoms with Gasteiger partial charge in [-0.2, -0.15) is 0 Å². The highest BCUT2D eigenvalue weighted by Gasteiger charge is 2.41. The fourth-order valence-corrected chi connectivity index (χ4v) is 4.54. The second-order valence-corrected chi connectivity index (χ2v) is 8.14. The van der Waals surface area contributed by atoms with Crippen LogP contribution in [0.1, 0.15) is 34.6 Å². The topological polar surface area (TPSA) is 46.0 Å². The highest BCUT2D eigenvalue weighted by molar-refractivity contribution is 7.80. The Hall–Kier alpha value is -3.51. The number of thiocarbonyl (C=S) groups is 1. The molecule has 2 atom stereocenters. The van der Waals surface area contributed by atoms with Crippen molar-refractivity contribution in [2.75, 3.05) is 0 Å². The van der Waals surface area contributed by atoms with Crippen LogP contribution in [0.5, 0.6) is 0 Å². The molecule has 0 bridgehead atoms. The number of benzene rings is 1. The Labute approximate surface area is 187 Å². The zero-order valence-electron chi connectivity index (χ0n) is 17.2. The van der Waals surface area contributed by atoms with Gasteiger partial charge in [-0.15, -0.1) is 0 Å². The largest absolute Gasteiger partial charge is 0.352 e. The SMILES string of the molecule is Cc1cccc(-n2cccc2[C@H]2[C@H](c3ccccn3)NC(=S)N2Cc2cccnc2)c1. The van der Waals surface area contributed by atoms with Gasteiger partial charge in [-0.1, -0.05) is 24.3 Å². The van der Waals surface area contributed by atoms with E-state index in [-0.39, 0.29) is 12.1 Å². The molecule has 1 N–H and O–H groups in total. The van der Waals surface area contributed by atoms with Crippen molar-refractivity contribution in [2.45, 2.75) is 25.6 Å². The van der Waals surface area contributed by atoms with Crippen LogP contribution in [0.25, 0.3) is 5.69 Å². The molecule has 0 saturated carbocycles. The first-order chi connectivity index (χ1) is 15.2. The van der Waals surface area contributed by atoms with Gasteiger partial charge in [-0.3, -0.25) is 9.97 Å². The first-order valence-corrected chi connectivity index (χ1v) is 10.7. The summed E-state index contributed by atoms with van der Waals surface area (Å²) in [6.07, 6.45) is 7.64. The molecule has 5 rings (SSSR count). The molecule has 1 aliphatic heterocycles. The molecule has 0 spiro atoms. The monoisotopic (exact) mass is 425 g/mol. The summed E-state index contributed by atoms with van der Waals surface area (Å²) in [6.45, 7) is 2.79. The molecule has 1 aromatic carbocycles. The molecule has 1 aliphatic rings. The summed E-state index contributed by atoms with van der Waals surface area (Å²) in [4.78, 5) is 11.2.